The Morgan fingerprint density at radius 1 is 0.680 bits per heavy atom. The smallest absolute Gasteiger partial charge is 0.296 e. The van der Waals surface area contributed by atoms with Crippen LogP contribution in [0.2, 0.25) is 0 Å². The Morgan fingerprint density at radius 3 is 1.96 bits per heavy atom. The van der Waals surface area contributed by atoms with E-state index in [2.05, 4.69) is 10.3 Å². The molecular formula is C37H36N4O7S2. The number of hydrogen-bond donors (Lipinski definition) is 5. The number of anilines is 4. The molecule has 0 saturated carbocycles. The number of nitrogens with one attached hydrogen (secondary N) is 1. The first kappa shape index (κ1) is 34.6. The van der Waals surface area contributed by atoms with Gasteiger partial charge >= 0.3 is 0 Å². The van der Waals surface area contributed by atoms with Crippen LogP contribution in [0, 0.1) is 41.5 Å². The molecule has 2 aliphatic rings. The molecule has 0 atom stereocenters. The topological polar surface area (TPSA) is 198 Å². The molecule has 258 valence electrons. The van der Waals surface area contributed by atoms with Crippen molar-refractivity contribution in [1.82, 2.24) is 0 Å². The van der Waals surface area contributed by atoms with Crippen LogP contribution in [0.3, 0.4) is 0 Å². The number of hydrogen-bond acceptors (Lipinski definition) is 9. The number of benzene rings is 5. The molecule has 13 heteroatoms. The quantitative estimate of drug-likeness (QED) is 0.0648. The normalized spacial score (nSPS) is 12.6. The standard InChI is InChI=1S/C37H36N4O7S2/c1-18-13-20(3)36(22(5)34(18)38)40-24-11-12-25-29(15-24)48-30-17-28(41-37-21(4)14-19(2)35(39)23(37)6)32(50(45,46)47)16-27(30)33(25)26-9-7-8-10-31(26)49(42,43)44/h7-17,40H,38-39H2,1-6H3,(H,42,43,44)(H,45,46,47)/b41-28-. The van der Waals surface area contributed by atoms with Gasteiger partial charge in [-0.1, -0.05) is 30.3 Å². The highest BCUT2D eigenvalue weighted by atomic mass is 32.2. The summed E-state index contributed by atoms with van der Waals surface area (Å²) < 4.78 is 78.2. The molecule has 0 radical (unpaired) electrons. The maximum atomic E-state index is 12.9. The van der Waals surface area contributed by atoms with E-state index in [9.17, 15) is 25.9 Å². The minimum atomic E-state index is -4.89. The van der Waals surface area contributed by atoms with Crippen molar-refractivity contribution < 1.29 is 30.4 Å². The van der Waals surface area contributed by atoms with Gasteiger partial charge in [0, 0.05) is 57.0 Å². The molecule has 0 bridgehead atoms. The van der Waals surface area contributed by atoms with E-state index < -0.39 is 30.0 Å². The minimum absolute atomic E-state index is 0.0866. The number of nitrogen functional groups attached to an aromatic ring is 2. The lowest BCUT2D eigenvalue weighted by Crippen LogP contribution is -2.16. The average molecular weight is 713 g/mol. The number of rotatable bonds is 6. The summed E-state index contributed by atoms with van der Waals surface area (Å²) in [5, 5.41) is 3.70. The summed E-state index contributed by atoms with van der Waals surface area (Å²) in [5.74, 6) is 0.128. The fourth-order valence-electron chi connectivity index (χ4n) is 6.49. The van der Waals surface area contributed by atoms with E-state index in [0.717, 1.165) is 33.5 Å². The molecule has 0 fully saturated rings. The number of aryl methyl sites for hydroxylation is 4. The summed E-state index contributed by atoms with van der Waals surface area (Å²) in [6, 6.07) is 17.4. The lowest BCUT2D eigenvalue weighted by atomic mass is 9.93. The highest BCUT2D eigenvalue weighted by molar-refractivity contribution is 7.86. The first-order chi connectivity index (χ1) is 23.4. The van der Waals surface area contributed by atoms with Crippen LogP contribution in [0.5, 0.6) is 0 Å². The van der Waals surface area contributed by atoms with Gasteiger partial charge in [-0.15, -0.1) is 0 Å². The highest BCUT2D eigenvalue weighted by Gasteiger charge is 2.27. The second-order valence-corrected chi connectivity index (χ2v) is 15.3. The summed E-state index contributed by atoms with van der Waals surface area (Å²) in [6.07, 6.45) is 0. The van der Waals surface area contributed by atoms with Crippen LogP contribution in [0.1, 0.15) is 33.4 Å². The van der Waals surface area contributed by atoms with Crippen LogP contribution in [0.25, 0.3) is 33.4 Å². The van der Waals surface area contributed by atoms with Gasteiger partial charge in [-0.05, 0) is 99.2 Å². The van der Waals surface area contributed by atoms with Crippen LogP contribution in [0.4, 0.5) is 28.4 Å². The van der Waals surface area contributed by atoms with Crippen molar-refractivity contribution >= 4 is 59.6 Å². The third-order valence-corrected chi connectivity index (χ3v) is 10.8. The Bertz CT molecular complexity index is 2660. The van der Waals surface area contributed by atoms with E-state index in [1.54, 1.807) is 31.2 Å². The van der Waals surface area contributed by atoms with E-state index in [-0.39, 0.29) is 27.8 Å². The van der Waals surface area contributed by atoms with Crippen molar-refractivity contribution in [2.45, 2.75) is 51.3 Å². The zero-order valence-corrected chi connectivity index (χ0v) is 29.8. The van der Waals surface area contributed by atoms with Crippen LogP contribution in [-0.2, 0) is 20.2 Å². The van der Waals surface area contributed by atoms with Gasteiger partial charge in [-0.25, -0.2) is 4.99 Å². The van der Waals surface area contributed by atoms with Gasteiger partial charge in [0.15, 0.2) is 0 Å². The predicted octanol–water partition coefficient (Wildman–Crippen LogP) is 7.69. The average Bonchev–Trinajstić information content (AvgIpc) is 3.04. The van der Waals surface area contributed by atoms with Gasteiger partial charge in [0.2, 0.25) is 0 Å². The lowest BCUT2D eigenvalue weighted by Gasteiger charge is -2.20. The zero-order valence-electron chi connectivity index (χ0n) is 28.2. The van der Waals surface area contributed by atoms with Gasteiger partial charge in [-0.3, -0.25) is 9.11 Å². The molecule has 50 heavy (non-hydrogen) atoms. The summed E-state index contributed by atoms with van der Waals surface area (Å²) in [6.45, 7) is 11.3. The first-order valence-electron chi connectivity index (χ1n) is 15.5. The predicted molar refractivity (Wildman–Crippen MR) is 197 cm³/mol. The molecule has 11 nitrogen and oxygen atoms in total. The maximum absolute atomic E-state index is 12.9. The molecule has 0 unspecified atom stereocenters. The number of nitrogens with two attached hydrogens (primary N) is 2. The summed E-state index contributed by atoms with van der Waals surface area (Å²) in [7, 11) is -9.63. The SMILES string of the molecule is Cc1cc(C)c(/N=c2/cc3oc4cc(Nc5c(C)cc(C)c(N)c5C)ccc4c(-c4ccccc4S(=O)(=O)O)c-3cc2S(=O)(=O)O)c(C)c1N. The van der Waals surface area contributed by atoms with E-state index in [1.807, 2.05) is 46.8 Å². The molecule has 1 aliphatic heterocycles. The Kier molecular flexibility index (Phi) is 8.51. The third kappa shape index (κ3) is 6.09. The van der Waals surface area contributed by atoms with Crippen molar-refractivity contribution in [3.05, 3.63) is 105 Å². The Morgan fingerprint density at radius 2 is 1.30 bits per heavy atom. The highest BCUT2D eigenvalue weighted by Crippen LogP contribution is 2.44. The van der Waals surface area contributed by atoms with Crippen molar-refractivity contribution in [1.29, 1.82) is 0 Å². The Balaban J connectivity index is 1.73. The molecule has 0 aromatic heterocycles. The Hall–Kier alpha value is -5.21. The van der Waals surface area contributed by atoms with Crippen LogP contribution >= 0.6 is 0 Å². The largest absolute Gasteiger partial charge is 0.456 e. The monoisotopic (exact) mass is 712 g/mol. The van der Waals surface area contributed by atoms with E-state index >= 15 is 0 Å². The summed E-state index contributed by atoms with van der Waals surface area (Å²) in [4.78, 5) is 3.73. The van der Waals surface area contributed by atoms with E-state index in [0.29, 0.717) is 39.3 Å². The molecule has 4 aromatic rings. The molecular weight excluding hydrogens is 677 g/mol. The van der Waals surface area contributed by atoms with Crippen molar-refractivity contribution in [3.63, 3.8) is 0 Å². The van der Waals surface area contributed by atoms with Gasteiger partial charge in [-0.2, -0.15) is 16.8 Å². The van der Waals surface area contributed by atoms with Crippen molar-refractivity contribution in [2.24, 2.45) is 4.99 Å². The van der Waals surface area contributed by atoms with Crippen molar-refractivity contribution in [3.8, 4) is 22.5 Å². The van der Waals surface area contributed by atoms with Crippen LogP contribution in [0.15, 0.2) is 85.9 Å². The molecule has 0 amide bonds. The molecule has 0 saturated heterocycles. The summed E-state index contributed by atoms with van der Waals surface area (Å²) >= 11 is 0. The fourth-order valence-corrected chi connectivity index (χ4v) is 7.82. The molecule has 6 rings (SSSR count). The van der Waals surface area contributed by atoms with Gasteiger partial charge in [0.1, 0.15) is 21.1 Å². The molecule has 0 spiro atoms. The summed E-state index contributed by atoms with van der Waals surface area (Å²) in [5.41, 5.74) is 21.4. The van der Waals surface area contributed by atoms with E-state index in [4.69, 9.17) is 15.9 Å². The lowest BCUT2D eigenvalue weighted by molar-refractivity contribution is 0.480. The molecule has 1 aliphatic carbocycles. The van der Waals surface area contributed by atoms with Gasteiger partial charge < -0.3 is 21.2 Å². The van der Waals surface area contributed by atoms with Crippen LogP contribution in [-0.4, -0.2) is 25.9 Å². The number of nitrogens with zero attached hydrogens (tertiary/aromatic N) is 1. The van der Waals surface area contributed by atoms with Gasteiger partial charge in [0.25, 0.3) is 20.2 Å². The molecule has 4 aromatic carbocycles. The van der Waals surface area contributed by atoms with E-state index in [1.165, 1.54) is 30.3 Å². The molecule has 1 heterocycles. The van der Waals surface area contributed by atoms with Gasteiger partial charge in [0.05, 0.1) is 11.0 Å². The molecule has 7 N–H and O–H groups in total. The fraction of sp³-hybridized carbons (Fsp3) is 0.162. The third-order valence-electron chi connectivity index (χ3n) is 9.04. The van der Waals surface area contributed by atoms with Crippen molar-refractivity contribution in [2.75, 3.05) is 16.8 Å². The first-order valence-corrected chi connectivity index (χ1v) is 18.4. The Labute approximate surface area is 290 Å². The minimum Gasteiger partial charge on any atom is -0.456 e. The maximum Gasteiger partial charge on any atom is 0.296 e. The second-order valence-electron chi connectivity index (χ2n) is 12.5. The second kappa shape index (κ2) is 12.3. The zero-order chi connectivity index (χ0) is 36.4. The van der Waals surface area contributed by atoms with Crippen LogP contribution < -0.4 is 22.1 Å². The number of fused-ring (bicyclic) bond motifs is 2.